The topological polar surface area (TPSA) is 67.3 Å². The number of ether oxygens (including phenoxy) is 1. The molecule has 1 aliphatic heterocycles. The van der Waals surface area contributed by atoms with E-state index in [1.54, 1.807) is 6.07 Å². The maximum Gasteiger partial charge on any atom is 0.274 e. The Hall–Kier alpha value is -2.63. The average molecular weight is 368 g/mol. The fraction of sp³-hybridized carbons (Fsp3) is 0.476. The largest absolute Gasteiger partial charge is 0.489 e. The highest BCUT2D eigenvalue weighted by atomic mass is 16.5. The lowest BCUT2D eigenvalue weighted by molar-refractivity contribution is 0.102. The van der Waals surface area contributed by atoms with E-state index in [1.807, 2.05) is 45.0 Å². The number of amides is 1. The Bertz CT molecular complexity index is 799. The molecule has 1 aliphatic rings. The summed E-state index contributed by atoms with van der Waals surface area (Å²) in [7, 11) is 0. The molecule has 0 radical (unpaired) electrons. The Morgan fingerprint density at radius 3 is 2.63 bits per heavy atom. The summed E-state index contributed by atoms with van der Waals surface area (Å²) in [6.07, 6.45) is 2.31. The number of benzene rings is 1. The minimum atomic E-state index is -0.257. The molecule has 0 saturated carbocycles. The maximum atomic E-state index is 12.8. The summed E-state index contributed by atoms with van der Waals surface area (Å²) in [6, 6.07) is 9.22. The second-order valence-electron chi connectivity index (χ2n) is 7.45. The number of aryl methyl sites for hydroxylation is 1. The number of aromatic nitrogens is 2. The van der Waals surface area contributed by atoms with E-state index in [1.165, 1.54) is 0 Å². The SMILES string of the molecule is Cc1nc(C(=O)Nc2ccccc2OC(C)C)cc(N2CCC(C)CC2)n1. The van der Waals surface area contributed by atoms with Crippen LogP contribution in [0.1, 0.15) is 49.9 Å². The van der Waals surface area contributed by atoms with E-state index in [4.69, 9.17) is 4.74 Å². The van der Waals surface area contributed by atoms with Crippen LogP contribution in [0.4, 0.5) is 11.5 Å². The summed E-state index contributed by atoms with van der Waals surface area (Å²) in [5, 5.41) is 2.92. The number of nitrogens with one attached hydrogen (secondary N) is 1. The zero-order valence-corrected chi connectivity index (χ0v) is 16.5. The van der Waals surface area contributed by atoms with Crippen molar-refractivity contribution in [3.8, 4) is 5.75 Å². The first kappa shape index (κ1) is 19.1. The molecule has 1 amide bonds. The van der Waals surface area contributed by atoms with Crippen molar-refractivity contribution in [1.29, 1.82) is 0 Å². The minimum Gasteiger partial charge on any atom is -0.489 e. The monoisotopic (exact) mass is 368 g/mol. The molecule has 1 aromatic heterocycles. The lowest BCUT2D eigenvalue weighted by Gasteiger charge is -2.31. The lowest BCUT2D eigenvalue weighted by atomic mass is 9.99. The van der Waals surface area contributed by atoms with Gasteiger partial charge in [-0.05, 0) is 51.7 Å². The van der Waals surface area contributed by atoms with Gasteiger partial charge in [-0.2, -0.15) is 0 Å². The van der Waals surface area contributed by atoms with Crippen molar-refractivity contribution >= 4 is 17.4 Å². The summed E-state index contributed by atoms with van der Waals surface area (Å²) in [4.78, 5) is 23.9. The number of piperidine rings is 1. The summed E-state index contributed by atoms with van der Waals surface area (Å²) in [5.41, 5.74) is 1.01. The maximum absolute atomic E-state index is 12.8. The second-order valence-corrected chi connectivity index (χ2v) is 7.45. The average Bonchev–Trinajstić information content (AvgIpc) is 2.63. The Morgan fingerprint density at radius 1 is 1.22 bits per heavy atom. The lowest BCUT2D eigenvalue weighted by Crippen LogP contribution is -2.34. The molecule has 0 spiro atoms. The summed E-state index contributed by atoms with van der Waals surface area (Å²) in [5.74, 6) is 2.56. The summed E-state index contributed by atoms with van der Waals surface area (Å²) in [6.45, 7) is 9.94. The van der Waals surface area contributed by atoms with Crippen LogP contribution >= 0.6 is 0 Å². The van der Waals surface area contributed by atoms with Crippen molar-refractivity contribution in [2.24, 2.45) is 5.92 Å². The predicted molar refractivity (Wildman–Crippen MR) is 108 cm³/mol. The van der Waals surface area contributed by atoms with E-state index in [0.717, 1.165) is 37.7 Å². The van der Waals surface area contributed by atoms with Crippen LogP contribution in [0.5, 0.6) is 5.75 Å². The Morgan fingerprint density at radius 2 is 1.93 bits per heavy atom. The van der Waals surface area contributed by atoms with Crippen LogP contribution in [-0.2, 0) is 0 Å². The molecule has 1 aromatic carbocycles. The van der Waals surface area contributed by atoms with Gasteiger partial charge in [0.1, 0.15) is 23.1 Å². The molecule has 0 atom stereocenters. The van der Waals surface area contributed by atoms with E-state index in [9.17, 15) is 4.79 Å². The highest BCUT2D eigenvalue weighted by Crippen LogP contribution is 2.26. The normalized spacial score (nSPS) is 15.1. The van der Waals surface area contributed by atoms with Crippen LogP contribution < -0.4 is 15.0 Å². The quantitative estimate of drug-likeness (QED) is 0.862. The third kappa shape index (κ3) is 4.96. The van der Waals surface area contributed by atoms with Gasteiger partial charge >= 0.3 is 0 Å². The van der Waals surface area contributed by atoms with Gasteiger partial charge in [0.25, 0.3) is 5.91 Å². The molecule has 6 heteroatoms. The van der Waals surface area contributed by atoms with E-state index in [0.29, 0.717) is 23.0 Å². The van der Waals surface area contributed by atoms with Gasteiger partial charge in [0.15, 0.2) is 0 Å². The number of anilines is 2. The number of carbonyl (C=O) groups excluding carboxylic acids is 1. The number of hydrogen-bond acceptors (Lipinski definition) is 5. The van der Waals surface area contributed by atoms with Gasteiger partial charge in [0.2, 0.25) is 0 Å². The molecule has 1 saturated heterocycles. The van der Waals surface area contributed by atoms with Crippen molar-refractivity contribution in [2.75, 3.05) is 23.3 Å². The van der Waals surface area contributed by atoms with Gasteiger partial charge in [0, 0.05) is 19.2 Å². The third-order valence-electron chi connectivity index (χ3n) is 4.66. The van der Waals surface area contributed by atoms with E-state index < -0.39 is 0 Å². The molecule has 1 N–H and O–H groups in total. The summed E-state index contributed by atoms with van der Waals surface area (Å²) < 4.78 is 5.78. The summed E-state index contributed by atoms with van der Waals surface area (Å²) >= 11 is 0. The first-order chi connectivity index (χ1) is 12.9. The van der Waals surface area contributed by atoms with Crippen LogP contribution in [0, 0.1) is 12.8 Å². The van der Waals surface area contributed by atoms with Gasteiger partial charge in [0.05, 0.1) is 11.8 Å². The first-order valence-electron chi connectivity index (χ1n) is 9.60. The molecule has 27 heavy (non-hydrogen) atoms. The fourth-order valence-electron chi connectivity index (χ4n) is 3.18. The second kappa shape index (κ2) is 8.37. The molecule has 144 valence electrons. The molecule has 0 bridgehead atoms. The van der Waals surface area contributed by atoms with Crippen LogP contribution in [0.25, 0.3) is 0 Å². The number of carbonyl (C=O) groups is 1. The van der Waals surface area contributed by atoms with Gasteiger partial charge in [-0.3, -0.25) is 4.79 Å². The number of para-hydroxylation sites is 2. The van der Waals surface area contributed by atoms with Crippen LogP contribution in [-0.4, -0.2) is 35.1 Å². The molecule has 1 fully saturated rings. The third-order valence-corrected chi connectivity index (χ3v) is 4.66. The molecule has 2 heterocycles. The van der Waals surface area contributed by atoms with Gasteiger partial charge in [-0.25, -0.2) is 9.97 Å². The van der Waals surface area contributed by atoms with Gasteiger partial charge in [-0.15, -0.1) is 0 Å². The van der Waals surface area contributed by atoms with E-state index in [-0.39, 0.29) is 12.0 Å². The van der Waals surface area contributed by atoms with Crippen molar-refractivity contribution in [3.05, 3.63) is 41.9 Å². The van der Waals surface area contributed by atoms with Crippen molar-refractivity contribution in [1.82, 2.24) is 9.97 Å². The van der Waals surface area contributed by atoms with Gasteiger partial charge < -0.3 is 15.0 Å². The zero-order chi connectivity index (χ0) is 19.4. The van der Waals surface area contributed by atoms with E-state index >= 15 is 0 Å². The molecule has 2 aromatic rings. The highest BCUT2D eigenvalue weighted by Gasteiger charge is 2.20. The molecular weight excluding hydrogens is 340 g/mol. The Kier molecular flexibility index (Phi) is 5.94. The van der Waals surface area contributed by atoms with Gasteiger partial charge in [-0.1, -0.05) is 19.1 Å². The molecular formula is C21H28N4O2. The van der Waals surface area contributed by atoms with Crippen LogP contribution in [0.3, 0.4) is 0 Å². The molecule has 3 rings (SSSR count). The fourth-order valence-corrected chi connectivity index (χ4v) is 3.18. The van der Waals surface area contributed by atoms with E-state index in [2.05, 4.69) is 27.1 Å². The number of hydrogen-bond donors (Lipinski definition) is 1. The van der Waals surface area contributed by atoms with Crippen molar-refractivity contribution in [3.63, 3.8) is 0 Å². The number of rotatable bonds is 5. The van der Waals surface area contributed by atoms with Crippen LogP contribution in [0.15, 0.2) is 30.3 Å². The Labute approximate surface area is 161 Å². The van der Waals surface area contributed by atoms with Crippen LogP contribution in [0.2, 0.25) is 0 Å². The van der Waals surface area contributed by atoms with Crippen molar-refractivity contribution in [2.45, 2.75) is 46.6 Å². The molecule has 0 unspecified atom stereocenters. The Balaban J connectivity index is 1.79. The zero-order valence-electron chi connectivity index (χ0n) is 16.5. The highest BCUT2D eigenvalue weighted by molar-refractivity contribution is 6.04. The predicted octanol–water partition coefficient (Wildman–Crippen LogP) is 4.06. The smallest absolute Gasteiger partial charge is 0.274 e. The first-order valence-corrected chi connectivity index (χ1v) is 9.60. The minimum absolute atomic E-state index is 0.0254. The van der Waals surface area contributed by atoms with Crippen molar-refractivity contribution < 1.29 is 9.53 Å². The molecule has 6 nitrogen and oxygen atoms in total. The standard InChI is InChI=1S/C21H28N4O2/c1-14(2)27-19-8-6-5-7-17(19)24-21(26)18-13-20(23-16(4)22-18)25-11-9-15(3)10-12-25/h5-8,13-15H,9-12H2,1-4H3,(H,24,26). The molecule has 0 aliphatic carbocycles. The number of nitrogens with zero attached hydrogens (tertiary/aromatic N) is 3.